The lowest BCUT2D eigenvalue weighted by Crippen LogP contribution is -2.31. The molecule has 0 spiro atoms. The van der Waals surface area contributed by atoms with E-state index < -0.39 is 16.8 Å². The van der Waals surface area contributed by atoms with Gasteiger partial charge in [-0.05, 0) is 69.9 Å². The fourth-order valence-electron chi connectivity index (χ4n) is 3.72. The maximum absolute atomic E-state index is 11.8. The van der Waals surface area contributed by atoms with Gasteiger partial charge >= 0.3 is 5.97 Å². The molecule has 1 N–H and O–H groups in total. The SMILES string of the molecule is CCCCCCC/C=C/C(CCCCCCCC=CCC(C)(C)C(=O)Cl)C(C)(C)C(=O)O. The average Bonchev–Trinajstić information content (AvgIpc) is 2.72. The van der Waals surface area contributed by atoms with Crippen molar-refractivity contribution in [1.29, 1.82) is 0 Å². The monoisotopic (exact) mass is 468 g/mol. The summed E-state index contributed by atoms with van der Waals surface area (Å²) < 4.78 is 0. The Kier molecular flexibility index (Phi) is 16.8. The molecule has 0 aromatic heterocycles. The Balaban J connectivity index is 4.18. The van der Waals surface area contributed by atoms with Crippen molar-refractivity contribution in [2.75, 3.05) is 0 Å². The number of carboxylic acids is 1. The maximum Gasteiger partial charge on any atom is 0.309 e. The van der Waals surface area contributed by atoms with E-state index in [0.717, 1.165) is 38.5 Å². The number of allylic oxidation sites excluding steroid dienone is 4. The molecule has 186 valence electrons. The second kappa shape index (κ2) is 17.4. The van der Waals surface area contributed by atoms with Gasteiger partial charge in [-0.1, -0.05) is 96.4 Å². The fraction of sp³-hybridized carbons (Fsp3) is 0.786. The van der Waals surface area contributed by atoms with Crippen molar-refractivity contribution < 1.29 is 14.7 Å². The van der Waals surface area contributed by atoms with Crippen molar-refractivity contribution in [2.45, 2.75) is 125 Å². The van der Waals surface area contributed by atoms with E-state index in [1.165, 1.54) is 44.9 Å². The minimum Gasteiger partial charge on any atom is -0.481 e. The number of carbonyl (C=O) groups excluding carboxylic acids is 1. The fourth-order valence-corrected chi connectivity index (χ4v) is 3.79. The van der Waals surface area contributed by atoms with Crippen molar-refractivity contribution in [3.63, 3.8) is 0 Å². The summed E-state index contributed by atoms with van der Waals surface area (Å²) in [6.45, 7) is 9.68. The Morgan fingerprint density at radius 2 is 1.34 bits per heavy atom. The predicted molar refractivity (Wildman–Crippen MR) is 138 cm³/mol. The van der Waals surface area contributed by atoms with Crippen molar-refractivity contribution in [2.24, 2.45) is 16.7 Å². The van der Waals surface area contributed by atoms with Crippen LogP contribution in [0.5, 0.6) is 0 Å². The Labute approximate surface area is 203 Å². The van der Waals surface area contributed by atoms with Gasteiger partial charge in [0.25, 0.3) is 0 Å². The molecule has 0 saturated heterocycles. The molecule has 0 aliphatic carbocycles. The molecular formula is C28H49ClO3. The van der Waals surface area contributed by atoms with Crippen LogP contribution in [-0.4, -0.2) is 16.3 Å². The second-order valence-electron chi connectivity index (χ2n) is 10.4. The van der Waals surface area contributed by atoms with Gasteiger partial charge in [0, 0.05) is 5.41 Å². The quantitative estimate of drug-likeness (QED) is 0.110. The highest BCUT2D eigenvalue weighted by atomic mass is 35.5. The molecule has 0 rings (SSSR count). The van der Waals surface area contributed by atoms with Gasteiger partial charge in [0.05, 0.1) is 5.41 Å². The predicted octanol–water partition coefficient (Wildman–Crippen LogP) is 9.10. The van der Waals surface area contributed by atoms with Crippen LogP contribution >= 0.6 is 11.6 Å². The Morgan fingerprint density at radius 3 is 1.91 bits per heavy atom. The number of hydrogen-bond acceptors (Lipinski definition) is 2. The molecule has 3 nitrogen and oxygen atoms in total. The first-order valence-electron chi connectivity index (χ1n) is 12.8. The highest BCUT2D eigenvalue weighted by molar-refractivity contribution is 6.64. The van der Waals surface area contributed by atoms with Gasteiger partial charge in [0.2, 0.25) is 5.24 Å². The summed E-state index contributed by atoms with van der Waals surface area (Å²) in [5.41, 5.74) is -1.20. The lowest BCUT2D eigenvalue weighted by atomic mass is 9.75. The van der Waals surface area contributed by atoms with Crippen molar-refractivity contribution in [1.82, 2.24) is 0 Å². The van der Waals surface area contributed by atoms with Crippen LogP contribution in [0.15, 0.2) is 24.3 Å². The van der Waals surface area contributed by atoms with Crippen LogP contribution in [0.25, 0.3) is 0 Å². The van der Waals surface area contributed by atoms with E-state index >= 15 is 0 Å². The largest absolute Gasteiger partial charge is 0.481 e. The van der Waals surface area contributed by atoms with Crippen molar-refractivity contribution >= 4 is 22.8 Å². The van der Waals surface area contributed by atoms with Gasteiger partial charge in [-0.3, -0.25) is 9.59 Å². The van der Waals surface area contributed by atoms with Crippen LogP contribution in [0.1, 0.15) is 125 Å². The number of carbonyl (C=O) groups is 2. The average molecular weight is 469 g/mol. The highest BCUT2D eigenvalue weighted by Crippen LogP contribution is 2.33. The topological polar surface area (TPSA) is 54.4 Å². The molecule has 0 saturated carbocycles. The number of carboxylic acid groups (broad SMARTS) is 1. The van der Waals surface area contributed by atoms with Crippen molar-refractivity contribution in [3.8, 4) is 0 Å². The number of unbranched alkanes of at least 4 members (excludes halogenated alkanes) is 10. The van der Waals surface area contributed by atoms with Gasteiger partial charge in [-0.2, -0.15) is 0 Å². The summed E-state index contributed by atoms with van der Waals surface area (Å²) in [5, 5.41) is 9.39. The number of halogens is 1. The molecule has 0 aliphatic rings. The second-order valence-corrected chi connectivity index (χ2v) is 10.8. The van der Waals surface area contributed by atoms with E-state index in [-0.39, 0.29) is 11.2 Å². The van der Waals surface area contributed by atoms with Gasteiger partial charge < -0.3 is 5.11 Å². The lowest BCUT2D eigenvalue weighted by Gasteiger charge is -2.28. The molecule has 32 heavy (non-hydrogen) atoms. The molecule has 0 aliphatic heterocycles. The smallest absolute Gasteiger partial charge is 0.309 e. The molecular weight excluding hydrogens is 420 g/mol. The first-order valence-corrected chi connectivity index (χ1v) is 13.2. The summed E-state index contributed by atoms with van der Waals surface area (Å²) in [7, 11) is 0. The molecule has 1 unspecified atom stereocenters. The van der Waals surface area contributed by atoms with E-state index in [4.69, 9.17) is 11.6 Å². The van der Waals surface area contributed by atoms with E-state index in [1.54, 1.807) is 0 Å². The minimum atomic E-state index is -0.721. The molecule has 0 radical (unpaired) electrons. The standard InChI is InChI=1S/C28H49ClO3/c1-6-7-8-9-12-15-18-21-24(28(4,5)26(31)32)22-19-16-13-10-11-14-17-20-23-27(2,3)25(29)30/h17-18,20-21,24H,6-16,19,22-23H2,1-5H3,(H,31,32)/b20-17?,21-18+. The molecule has 0 heterocycles. The third-order valence-corrected chi connectivity index (χ3v) is 7.05. The third kappa shape index (κ3) is 14.1. The maximum atomic E-state index is 11.8. The zero-order valence-corrected chi connectivity index (χ0v) is 22.2. The molecule has 0 fully saturated rings. The van der Waals surface area contributed by atoms with Crippen LogP contribution in [0.4, 0.5) is 0 Å². The normalized spacial score (nSPS) is 13.8. The summed E-state index contributed by atoms with van der Waals surface area (Å²) in [6, 6.07) is 0. The van der Waals surface area contributed by atoms with Crippen LogP contribution < -0.4 is 0 Å². The van der Waals surface area contributed by atoms with Gasteiger partial charge in [0.15, 0.2) is 0 Å². The van der Waals surface area contributed by atoms with Crippen molar-refractivity contribution in [3.05, 3.63) is 24.3 Å². The van der Waals surface area contributed by atoms with Crippen LogP contribution in [-0.2, 0) is 9.59 Å². The number of aliphatic carboxylic acids is 1. The van der Waals surface area contributed by atoms with E-state index in [1.807, 2.05) is 27.7 Å². The summed E-state index contributed by atoms with van der Waals surface area (Å²) in [5.74, 6) is -0.618. The molecule has 0 aromatic rings. The van der Waals surface area contributed by atoms with Crippen LogP contribution in [0.2, 0.25) is 0 Å². The summed E-state index contributed by atoms with van der Waals surface area (Å²) >= 11 is 5.60. The minimum absolute atomic E-state index is 0.0894. The summed E-state index contributed by atoms with van der Waals surface area (Å²) in [6.07, 6.45) is 24.4. The first-order chi connectivity index (χ1) is 15.1. The molecule has 0 amide bonds. The molecule has 0 aromatic carbocycles. The Hall–Kier alpha value is -1.09. The van der Waals surface area contributed by atoms with Crippen LogP contribution in [0, 0.1) is 16.7 Å². The zero-order chi connectivity index (χ0) is 24.5. The van der Waals surface area contributed by atoms with E-state index in [2.05, 4.69) is 31.2 Å². The Bertz CT molecular complexity index is 575. The lowest BCUT2D eigenvalue weighted by molar-refractivity contribution is -0.149. The number of hydrogen-bond donors (Lipinski definition) is 1. The molecule has 1 atom stereocenters. The van der Waals surface area contributed by atoms with Crippen LogP contribution in [0.3, 0.4) is 0 Å². The molecule has 4 heteroatoms. The van der Waals surface area contributed by atoms with E-state index in [9.17, 15) is 14.7 Å². The summed E-state index contributed by atoms with van der Waals surface area (Å²) in [4.78, 5) is 23.1. The third-order valence-electron chi connectivity index (χ3n) is 6.53. The highest BCUT2D eigenvalue weighted by Gasteiger charge is 2.34. The van der Waals surface area contributed by atoms with Gasteiger partial charge in [0.1, 0.15) is 0 Å². The Morgan fingerprint density at radius 1 is 0.812 bits per heavy atom. The van der Waals surface area contributed by atoms with Gasteiger partial charge in [-0.15, -0.1) is 0 Å². The number of rotatable bonds is 20. The van der Waals surface area contributed by atoms with E-state index in [0.29, 0.717) is 6.42 Å². The first kappa shape index (κ1) is 30.9. The van der Waals surface area contributed by atoms with Gasteiger partial charge in [-0.25, -0.2) is 0 Å². The molecule has 0 bridgehead atoms. The zero-order valence-electron chi connectivity index (χ0n) is 21.4.